The first kappa shape index (κ1) is 18.5. The minimum absolute atomic E-state index is 0.00880. The van der Waals surface area contributed by atoms with Gasteiger partial charge >= 0.3 is 0 Å². The van der Waals surface area contributed by atoms with Crippen molar-refractivity contribution in [2.45, 2.75) is 6.54 Å². The van der Waals surface area contributed by atoms with Crippen molar-refractivity contribution in [1.82, 2.24) is 10.6 Å². The summed E-state index contributed by atoms with van der Waals surface area (Å²) >= 11 is 11.6. The predicted octanol–water partition coefficient (Wildman–Crippen LogP) is 2.88. The van der Waals surface area contributed by atoms with Gasteiger partial charge in [-0.15, -0.1) is 0 Å². The summed E-state index contributed by atoms with van der Waals surface area (Å²) in [6.45, 7) is 2.88. The number of halogens is 2. The van der Waals surface area contributed by atoms with Crippen LogP contribution in [-0.2, 0) is 11.3 Å². The van der Waals surface area contributed by atoms with Gasteiger partial charge in [-0.05, 0) is 42.0 Å². The topological polar surface area (TPSA) is 82.3 Å². The predicted molar refractivity (Wildman–Crippen MR) is 104 cm³/mol. The molecule has 0 saturated heterocycles. The minimum atomic E-state index is -0.291. The Hall–Kier alpha value is -2.28. The number of hydrogen-bond donors (Lipinski definition) is 4. The molecule has 6 nitrogen and oxygen atoms in total. The minimum Gasteiger partial charge on any atom is -0.384 e. The molecule has 0 aliphatic carbocycles. The molecule has 2 aliphatic rings. The lowest BCUT2D eigenvalue weighted by atomic mass is 10.1. The van der Waals surface area contributed by atoms with Crippen molar-refractivity contribution in [2.75, 3.05) is 30.3 Å². The maximum Gasteiger partial charge on any atom is 0.253 e. The van der Waals surface area contributed by atoms with E-state index in [9.17, 15) is 9.59 Å². The van der Waals surface area contributed by atoms with Crippen LogP contribution in [0.3, 0.4) is 0 Å². The second kappa shape index (κ2) is 8.40. The third-order valence-corrected chi connectivity index (χ3v) is 4.38. The van der Waals surface area contributed by atoms with E-state index in [0.717, 1.165) is 24.7 Å². The molecule has 4 rings (SSSR count). The highest BCUT2D eigenvalue weighted by Crippen LogP contribution is 2.22. The standard InChI is InChI=1S/C9H7ClN2O2.C9H11ClN2/c10-5-1-2-7-6(3-5)9(14)11-4-8(13)12-7;10-8-1-2-9-7(5-8)6-11-3-4-12-9/h1-3H,4H2,(H,11,14)(H,12,13);1-2,5,11-12H,3-4,6H2. The van der Waals surface area contributed by atoms with Crippen molar-refractivity contribution in [2.24, 2.45) is 0 Å². The van der Waals surface area contributed by atoms with E-state index in [4.69, 9.17) is 23.2 Å². The van der Waals surface area contributed by atoms with E-state index in [1.165, 1.54) is 17.3 Å². The van der Waals surface area contributed by atoms with Gasteiger partial charge in [0.05, 0.1) is 17.8 Å². The number of carbonyl (C=O) groups is 2. The number of carbonyl (C=O) groups excluding carboxylic acids is 2. The van der Waals surface area contributed by atoms with Crippen LogP contribution in [0.25, 0.3) is 0 Å². The van der Waals surface area contributed by atoms with Gasteiger partial charge < -0.3 is 21.3 Å². The first-order valence-corrected chi connectivity index (χ1v) is 8.89. The summed E-state index contributed by atoms with van der Waals surface area (Å²) < 4.78 is 0. The van der Waals surface area contributed by atoms with E-state index < -0.39 is 0 Å². The van der Waals surface area contributed by atoms with Gasteiger partial charge in [-0.25, -0.2) is 0 Å². The highest BCUT2D eigenvalue weighted by atomic mass is 35.5. The number of benzene rings is 2. The van der Waals surface area contributed by atoms with Crippen LogP contribution < -0.4 is 21.3 Å². The van der Waals surface area contributed by atoms with E-state index >= 15 is 0 Å². The van der Waals surface area contributed by atoms with Crippen molar-refractivity contribution in [3.63, 3.8) is 0 Å². The summed E-state index contributed by atoms with van der Waals surface area (Å²) in [6.07, 6.45) is 0. The SMILES string of the molecule is Clc1ccc2c(c1)CNCCN2.O=C1CNC(=O)c2cc(Cl)ccc2N1. The molecule has 0 atom stereocenters. The average Bonchev–Trinajstić information content (AvgIpc) is 2.93. The second-order valence-electron chi connectivity index (χ2n) is 5.83. The van der Waals surface area contributed by atoms with Crippen LogP contribution in [0.5, 0.6) is 0 Å². The Morgan fingerprint density at radius 3 is 2.35 bits per heavy atom. The molecule has 2 aromatic rings. The zero-order valence-corrected chi connectivity index (χ0v) is 15.4. The number of rotatable bonds is 0. The summed E-state index contributed by atoms with van der Waals surface area (Å²) in [6, 6.07) is 10.7. The van der Waals surface area contributed by atoms with Crippen LogP contribution in [0.4, 0.5) is 11.4 Å². The molecule has 26 heavy (non-hydrogen) atoms. The number of fused-ring (bicyclic) bond motifs is 2. The van der Waals surface area contributed by atoms with Gasteiger partial charge in [-0.2, -0.15) is 0 Å². The lowest BCUT2D eigenvalue weighted by Crippen LogP contribution is -2.28. The molecule has 0 fully saturated rings. The van der Waals surface area contributed by atoms with E-state index in [-0.39, 0.29) is 18.4 Å². The van der Waals surface area contributed by atoms with Gasteiger partial charge in [-0.1, -0.05) is 23.2 Å². The zero-order valence-electron chi connectivity index (χ0n) is 13.9. The van der Waals surface area contributed by atoms with E-state index in [1.807, 2.05) is 18.2 Å². The maximum absolute atomic E-state index is 11.4. The van der Waals surface area contributed by atoms with E-state index in [0.29, 0.717) is 16.3 Å². The maximum atomic E-state index is 11.4. The fourth-order valence-electron chi connectivity index (χ4n) is 2.65. The van der Waals surface area contributed by atoms with Gasteiger partial charge in [0.15, 0.2) is 0 Å². The summed E-state index contributed by atoms with van der Waals surface area (Å²) in [5.41, 5.74) is 3.34. The molecule has 0 bridgehead atoms. The molecule has 2 amide bonds. The molecule has 0 radical (unpaired) electrons. The third kappa shape index (κ3) is 4.66. The van der Waals surface area contributed by atoms with Crippen LogP contribution in [0.1, 0.15) is 15.9 Å². The summed E-state index contributed by atoms with van der Waals surface area (Å²) in [7, 11) is 0. The molecule has 0 spiro atoms. The van der Waals surface area contributed by atoms with Gasteiger partial charge in [0.1, 0.15) is 0 Å². The van der Waals surface area contributed by atoms with Crippen molar-refractivity contribution in [3.05, 3.63) is 57.6 Å². The molecule has 0 aromatic heterocycles. The first-order valence-electron chi connectivity index (χ1n) is 8.13. The van der Waals surface area contributed by atoms with Gasteiger partial charge in [-0.3, -0.25) is 9.59 Å². The van der Waals surface area contributed by atoms with Crippen LogP contribution >= 0.6 is 23.2 Å². The number of anilines is 2. The van der Waals surface area contributed by atoms with Crippen molar-refractivity contribution in [3.8, 4) is 0 Å². The number of amides is 2. The van der Waals surface area contributed by atoms with E-state index in [2.05, 4.69) is 21.3 Å². The molecular formula is C18H18Cl2N4O2. The lowest BCUT2D eigenvalue weighted by molar-refractivity contribution is -0.115. The van der Waals surface area contributed by atoms with Crippen molar-refractivity contribution >= 4 is 46.4 Å². The zero-order chi connectivity index (χ0) is 18.5. The highest BCUT2D eigenvalue weighted by molar-refractivity contribution is 6.31. The largest absolute Gasteiger partial charge is 0.384 e. The quantitative estimate of drug-likeness (QED) is 0.555. The Bertz CT molecular complexity index is 842. The molecule has 8 heteroatoms. The summed E-state index contributed by atoms with van der Waals surface area (Å²) in [4.78, 5) is 22.6. The highest BCUT2D eigenvalue weighted by Gasteiger charge is 2.18. The van der Waals surface area contributed by atoms with Crippen molar-refractivity contribution < 1.29 is 9.59 Å². The van der Waals surface area contributed by atoms with Crippen molar-refractivity contribution in [1.29, 1.82) is 0 Å². The first-order chi connectivity index (χ1) is 12.5. The Morgan fingerprint density at radius 2 is 1.54 bits per heavy atom. The normalized spacial score (nSPS) is 15.6. The van der Waals surface area contributed by atoms with Gasteiger partial charge in [0, 0.05) is 35.4 Å². The Labute approximate surface area is 161 Å². The number of hydrogen-bond acceptors (Lipinski definition) is 4. The Morgan fingerprint density at radius 1 is 0.808 bits per heavy atom. The molecule has 0 unspecified atom stereocenters. The Kier molecular flexibility index (Phi) is 5.98. The molecule has 2 heterocycles. The lowest BCUT2D eigenvalue weighted by Gasteiger charge is -2.06. The molecule has 136 valence electrons. The number of nitrogens with one attached hydrogen (secondary N) is 4. The monoisotopic (exact) mass is 392 g/mol. The van der Waals surface area contributed by atoms with Crippen LogP contribution in [0.2, 0.25) is 10.0 Å². The van der Waals surface area contributed by atoms with Crippen LogP contribution in [0, 0.1) is 0 Å². The second-order valence-corrected chi connectivity index (χ2v) is 6.70. The summed E-state index contributed by atoms with van der Waals surface area (Å²) in [5, 5.41) is 13.0. The smallest absolute Gasteiger partial charge is 0.253 e. The molecule has 2 aromatic carbocycles. The summed E-state index contributed by atoms with van der Waals surface area (Å²) in [5.74, 6) is -0.528. The third-order valence-electron chi connectivity index (χ3n) is 3.91. The average molecular weight is 393 g/mol. The van der Waals surface area contributed by atoms with Crippen LogP contribution in [-0.4, -0.2) is 31.4 Å². The molecular weight excluding hydrogens is 375 g/mol. The van der Waals surface area contributed by atoms with E-state index in [1.54, 1.807) is 12.1 Å². The molecule has 4 N–H and O–H groups in total. The van der Waals surface area contributed by atoms with Gasteiger partial charge in [0.2, 0.25) is 5.91 Å². The Balaban J connectivity index is 0.000000152. The van der Waals surface area contributed by atoms with Crippen LogP contribution in [0.15, 0.2) is 36.4 Å². The molecule has 0 saturated carbocycles. The fourth-order valence-corrected chi connectivity index (χ4v) is 3.02. The van der Waals surface area contributed by atoms with Gasteiger partial charge in [0.25, 0.3) is 5.91 Å². The molecule has 2 aliphatic heterocycles. The fraction of sp³-hybridized carbons (Fsp3) is 0.222.